The average Bonchev–Trinajstić information content (AvgIpc) is 2.32. The Labute approximate surface area is 135 Å². The van der Waals surface area contributed by atoms with Crippen molar-refractivity contribution >= 4 is 46.2 Å². The molecular formula is C15H19BrClNO2. The fourth-order valence-electron chi connectivity index (χ4n) is 1.60. The van der Waals surface area contributed by atoms with Crippen LogP contribution in [0.3, 0.4) is 0 Å². The lowest BCUT2D eigenvalue weighted by atomic mass is 10.0. The summed E-state index contributed by atoms with van der Waals surface area (Å²) in [5.74, 6) is -0.357. The molecule has 20 heavy (non-hydrogen) atoms. The van der Waals surface area contributed by atoms with Crippen LogP contribution in [0.1, 0.15) is 18.9 Å². The molecule has 0 unspecified atom stereocenters. The predicted molar refractivity (Wildman–Crippen MR) is 88.6 cm³/mol. The molecule has 0 fully saturated rings. The van der Waals surface area contributed by atoms with Crippen LogP contribution in [0, 0.1) is 0 Å². The molecule has 0 heterocycles. The van der Waals surface area contributed by atoms with Crippen molar-refractivity contribution in [2.75, 3.05) is 20.6 Å². The van der Waals surface area contributed by atoms with Crippen LogP contribution in [0.4, 0.5) is 0 Å². The smallest absolute Gasteiger partial charge is 0.167 e. The van der Waals surface area contributed by atoms with Crippen molar-refractivity contribution in [3.8, 4) is 0 Å². The maximum absolute atomic E-state index is 12.0. The second-order valence-corrected chi connectivity index (χ2v) is 5.08. The summed E-state index contributed by atoms with van der Waals surface area (Å²) < 4.78 is 0. The van der Waals surface area contributed by atoms with Gasteiger partial charge < -0.3 is 4.90 Å². The van der Waals surface area contributed by atoms with Crippen LogP contribution in [-0.4, -0.2) is 37.1 Å². The maximum atomic E-state index is 12.0. The molecule has 0 saturated carbocycles. The largest absolute Gasteiger partial charge is 0.309 e. The molecule has 0 aliphatic rings. The summed E-state index contributed by atoms with van der Waals surface area (Å²) in [7, 11) is 3.78. The highest BCUT2D eigenvalue weighted by Crippen LogP contribution is 2.15. The van der Waals surface area contributed by atoms with Crippen LogP contribution in [0.15, 0.2) is 29.8 Å². The number of carbonyl (C=O) groups excluding carboxylic acids is 2. The maximum Gasteiger partial charge on any atom is 0.167 e. The number of halogens is 2. The van der Waals surface area contributed by atoms with E-state index in [1.165, 1.54) is 6.92 Å². The summed E-state index contributed by atoms with van der Waals surface area (Å²) in [6.07, 6.45) is 1.94. The van der Waals surface area contributed by atoms with Gasteiger partial charge in [0.15, 0.2) is 11.6 Å². The molecule has 3 nitrogen and oxygen atoms in total. The minimum absolute atomic E-state index is 0. The van der Waals surface area contributed by atoms with Gasteiger partial charge in [0.05, 0.1) is 5.57 Å². The minimum atomic E-state index is -0.219. The van der Waals surface area contributed by atoms with Crippen LogP contribution in [-0.2, 0) is 9.59 Å². The van der Waals surface area contributed by atoms with Gasteiger partial charge in [0, 0.05) is 18.0 Å². The third-order valence-corrected chi connectivity index (χ3v) is 2.86. The van der Waals surface area contributed by atoms with Crippen LogP contribution in [0.5, 0.6) is 0 Å². The molecule has 110 valence electrons. The molecule has 1 rings (SSSR count). The Morgan fingerprint density at radius 1 is 1.30 bits per heavy atom. The van der Waals surface area contributed by atoms with Crippen molar-refractivity contribution in [1.82, 2.24) is 4.90 Å². The highest BCUT2D eigenvalue weighted by molar-refractivity contribution is 8.93. The number of rotatable bonds is 6. The molecule has 0 aliphatic heterocycles. The van der Waals surface area contributed by atoms with Gasteiger partial charge in [0.1, 0.15) is 0 Å². The Morgan fingerprint density at radius 3 is 2.45 bits per heavy atom. The van der Waals surface area contributed by atoms with Crippen molar-refractivity contribution in [3.63, 3.8) is 0 Å². The molecule has 1 aromatic carbocycles. The number of hydrogen-bond acceptors (Lipinski definition) is 3. The van der Waals surface area contributed by atoms with E-state index >= 15 is 0 Å². The normalized spacial score (nSPS) is 11.2. The summed E-state index contributed by atoms with van der Waals surface area (Å²) in [4.78, 5) is 25.5. The molecule has 1 aromatic rings. The van der Waals surface area contributed by atoms with Crippen molar-refractivity contribution in [2.45, 2.75) is 13.3 Å². The molecule has 0 N–H and O–H groups in total. The highest BCUT2D eigenvalue weighted by atomic mass is 79.9. The van der Waals surface area contributed by atoms with Crippen LogP contribution >= 0.6 is 28.6 Å². The average molecular weight is 361 g/mol. The van der Waals surface area contributed by atoms with E-state index in [1.54, 1.807) is 24.3 Å². The number of Topliss-reactive ketones (excluding diaryl/α,β-unsaturated/α-hetero) is 2. The number of benzene rings is 1. The lowest BCUT2D eigenvalue weighted by Crippen LogP contribution is -2.19. The highest BCUT2D eigenvalue weighted by Gasteiger charge is 2.14. The first-order chi connectivity index (χ1) is 8.90. The lowest BCUT2D eigenvalue weighted by molar-refractivity contribution is -0.120. The Bertz CT molecular complexity index is 512. The standard InChI is InChI=1S/C15H18ClNO2.BrH/c1-11(18)14(15(19)7-8-17(2)3)10-12-5-4-6-13(16)9-12;/h4-6,9-10H,7-8H2,1-3H3;1H/b14-10+;. The van der Waals surface area contributed by atoms with E-state index in [2.05, 4.69) is 0 Å². The zero-order chi connectivity index (χ0) is 14.4. The van der Waals surface area contributed by atoms with Crippen LogP contribution in [0.2, 0.25) is 5.02 Å². The summed E-state index contributed by atoms with van der Waals surface area (Å²) in [5.41, 5.74) is 0.986. The molecule has 0 aromatic heterocycles. The molecule has 0 spiro atoms. The summed E-state index contributed by atoms with van der Waals surface area (Å²) in [6, 6.07) is 7.08. The number of hydrogen-bond donors (Lipinski definition) is 0. The van der Waals surface area contributed by atoms with Crippen molar-refractivity contribution in [1.29, 1.82) is 0 Å². The van der Waals surface area contributed by atoms with Crippen molar-refractivity contribution in [3.05, 3.63) is 40.4 Å². The Hall–Kier alpha value is -0.970. The van der Waals surface area contributed by atoms with E-state index in [4.69, 9.17) is 11.6 Å². The quantitative estimate of drug-likeness (QED) is 0.443. The topological polar surface area (TPSA) is 37.4 Å². The minimum Gasteiger partial charge on any atom is -0.309 e. The third kappa shape index (κ3) is 6.46. The molecule has 0 aliphatic carbocycles. The second kappa shape index (κ2) is 9.06. The zero-order valence-electron chi connectivity index (χ0n) is 11.9. The zero-order valence-corrected chi connectivity index (χ0v) is 14.3. The molecule has 5 heteroatoms. The summed E-state index contributed by atoms with van der Waals surface area (Å²) >= 11 is 5.88. The van der Waals surface area contributed by atoms with Gasteiger partial charge in [-0.1, -0.05) is 23.7 Å². The SMILES string of the molecule is Br.CC(=O)/C(=C\c1cccc(Cl)c1)C(=O)CCN(C)C. The number of carbonyl (C=O) groups is 2. The van der Waals surface area contributed by atoms with E-state index < -0.39 is 0 Å². The Balaban J connectivity index is 0.00000361. The van der Waals surface area contributed by atoms with E-state index in [1.807, 2.05) is 25.1 Å². The van der Waals surface area contributed by atoms with E-state index in [9.17, 15) is 9.59 Å². The van der Waals surface area contributed by atoms with Crippen molar-refractivity contribution in [2.24, 2.45) is 0 Å². The number of nitrogens with zero attached hydrogens (tertiary/aromatic N) is 1. The fourth-order valence-corrected chi connectivity index (χ4v) is 1.80. The number of ketones is 2. The molecule has 0 amide bonds. The van der Waals surface area contributed by atoms with Gasteiger partial charge in [-0.2, -0.15) is 0 Å². The van der Waals surface area contributed by atoms with Gasteiger partial charge in [0.2, 0.25) is 0 Å². The Morgan fingerprint density at radius 2 is 1.95 bits per heavy atom. The summed E-state index contributed by atoms with van der Waals surface area (Å²) in [5, 5.41) is 0.581. The van der Waals surface area contributed by atoms with Gasteiger partial charge in [-0.3, -0.25) is 9.59 Å². The lowest BCUT2D eigenvalue weighted by Gasteiger charge is -2.09. The van der Waals surface area contributed by atoms with Crippen LogP contribution in [0.25, 0.3) is 6.08 Å². The molecular weight excluding hydrogens is 342 g/mol. The van der Waals surface area contributed by atoms with E-state index in [0.29, 0.717) is 18.0 Å². The fraction of sp³-hybridized carbons (Fsp3) is 0.333. The van der Waals surface area contributed by atoms with Gasteiger partial charge in [0.25, 0.3) is 0 Å². The number of allylic oxidation sites excluding steroid dienone is 1. The van der Waals surface area contributed by atoms with Crippen LogP contribution < -0.4 is 0 Å². The van der Waals surface area contributed by atoms with E-state index in [0.717, 1.165) is 5.56 Å². The molecule has 0 radical (unpaired) electrons. The first-order valence-corrected chi connectivity index (χ1v) is 6.44. The molecule has 0 atom stereocenters. The van der Waals surface area contributed by atoms with E-state index in [-0.39, 0.29) is 34.1 Å². The Kier molecular flexibility index (Phi) is 8.62. The first-order valence-electron chi connectivity index (χ1n) is 6.06. The summed E-state index contributed by atoms with van der Waals surface area (Å²) in [6.45, 7) is 2.03. The monoisotopic (exact) mass is 359 g/mol. The van der Waals surface area contributed by atoms with Gasteiger partial charge in [-0.05, 0) is 44.8 Å². The van der Waals surface area contributed by atoms with Gasteiger partial charge >= 0.3 is 0 Å². The van der Waals surface area contributed by atoms with Gasteiger partial charge in [-0.25, -0.2) is 0 Å². The predicted octanol–water partition coefficient (Wildman–Crippen LogP) is 3.41. The first kappa shape index (κ1) is 19.0. The van der Waals surface area contributed by atoms with Crippen molar-refractivity contribution < 1.29 is 9.59 Å². The second-order valence-electron chi connectivity index (χ2n) is 4.65. The third-order valence-electron chi connectivity index (χ3n) is 2.63. The molecule has 0 saturated heterocycles. The van der Waals surface area contributed by atoms with Gasteiger partial charge in [-0.15, -0.1) is 17.0 Å². The molecule has 0 bridgehead atoms.